The number of benzene rings is 10. The number of nitrogens with zero attached hydrogens (tertiary/aromatic N) is 4. The number of para-hydroxylation sites is 2. The van der Waals surface area contributed by atoms with E-state index >= 15 is 13.2 Å². The van der Waals surface area contributed by atoms with Crippen molar-refractivity contribution in [3.8, 4) is 78.7 Å². The van der Waals surface area contributed by atoms with Gasteiger partial charge in [0.25, 0.3) is 0 Å². The predicted molar refractivity (Wildman–Crippen MR) is 298 cm³/mol. The van der Waals surface area contributed by atoms with Crippen molar-refractivity contribution in [1.82, 2.24) is 19.1 Å². The lowest BCUT2D eigenvalue weighted by molar-refractivity contribution is -0.137. The fourth-order valence-corrected chi connectivity index (χ4v) is 10.8. The highest BCUT2D eigenvalue weighted by molar-refractivity contribution is 6.12. The van der Waals surface area contributed by atoms with Crippen LogP contribution in [0.15, 0.2) is 237 Å². The van der Waals surface area contributed by atoms with Crippen LogP contribution in [0.2, 0.25) is 0 Å². The van der Waals surface area contributed by atoms with Gasteiger partial charge in [-0.15, -0.1) is 0 Å². The highest BCUT2D eigenvalue weighted by Gasteiger charge is 2.35. The van der Waals surface area contributed by atoms with Crippen LogP contribution in [0.5, 0.6) is 0 Å². The second-order valence-electron chi connectivity index (χ2n) is 19.1. The van der Waals surface area contributed by atoms with Gasteiger partial charge in [-0.2, -0.15) is 13.2 Å². The Balaban J connectivity index is 1.09. The van der Waals surface area contributed by atoms with Crippen LogP contribution in [-0.4, -0.2) is 19.1 Å². The van der Waals surface area contributed by atoms with Crippen LogP contribution < -0.4 is 0 Å². The summed E-state index contributed by atoms with van der Waals surface area (Å²) >= 11 is 0. The van der Waals surface area contributed by atoms with Crippen molar-refractivity contribution in [2.75, 3.05) is 0 Å². The fraction of sp³-hybridized carbons (Fsp3) is 0.0448. The summed E-state index contributed by atoms with van der Waals surface area (Å²) < 4.78 is 52.3. The quantitative estimate of drug-likeness (QED) is 0.152. The SMILES string of the molecule is Cc1cccc(-c2ccc3c(c2)c2ccccc2n3-c2ccc(C(F)(F)F)c(-c3cc(-c4cc(-c5ccccc5)nc(-c5ccccc5)n4)ccc3-n3c4ccccc4c4cc(-c5cccc(C)c5)ccc43)c2)c1. The molecule has 7 heteroatoms. The van der Waals surface area contributed by atoms with Crippen LogP contribution in [0.4, 0.5) is 13.2 Å². The van der Waals surface area contributed by atoms with Crippen LogP contribution in [-0.2, 0) is 6.18 Å². The first-order chi connectivity index (χ1) is 36.1. The molecule has 0 saturated carbocycles. The standard InChI is InChI=1S/C67H45F3N4/c1-42-15-13-21-46(35-42)48-27-32-63-55(37-48)52-23-9-11-25-61(52)73(63)51-30-31-58(67(68,69)70)54(40-51)57-39-50(60-41-59(44-17-5-3-6-18-44)71-66(72-60)45-19-7-4-8-20-45)29-34-65(57)74-62-26-12-10-24-53(62)56-38-49(28-33-64(56)74)47-22-14-16-43(2)36-47/h3-41H,1-2H3. The third-order valence-corrected chi connectivity index (χ3v) is 14.3. The lowest BCUT2D eigenvalue weighted by Gasteiger charge is -2.21. The number of alkyl halides is 3. The van der Waals surface area contributed by atoms with Crippen molar-refractivity contribution in [2.24, 2.45) is 0 Å². The van der Waals surface area contributed by atoms with E-state index in [1.807, 2.05) is 121 Å². The Hall–Kier alpha value is -9.33. The van der Waals surface area contributed by atoms with Crippen molar-refractivity contribution in [1.29, 1.82) is 0 Å². The molecule has 0 fully saturated rings. The molecule has 13 aromatic rings. The van der Waals surface area contributed by atoms with Gasteiger partial charge in [-0.25, -0.2) is 9.97 Å². The van der Waals surface area contributed by atoms with E-state index < -0.39 is 11.7 Å². The van der Waals surface area contributed by atoms with E-state index in [-0.39, 0.29) is 5.56 Å². The van der Waals surface area contributed by atoms with Gasteiger partial charge in [-0.3, -0.25) is 0 Å². The normalized spacial score (nSPS) is 11.9. The Labute approximate surface area is 425 Å². The summed E-state index contributed by atoms with van der Waals surface area (Å²) in [4.78, 5) is 10.2. The number of aryl methyl sites for hydroxylation is 2. The number of halogens is 3. The largest absolute Gasteiger partial charge is 0.417 e. The van der Waals surface area contributed by atoms with Crippen molar-refractivity contribution in [3.63, 3.8) is 0 Å². The molecule has 3 heterocycles. The summed E-state index contributed by atoms with van der Waals surface area (Å²) in [6.07, 6.45) is -4.72. The molecule has 354 valence electrons. The van der Waals surface area contributed by atoms with Crippen LogP contribution >= 0.6 is 0 Å². The first-order valence-electron chi connectivity index (χ1n) is 24.7. The molecule has 0 unspecified atom stereocenters. The van der Waals surface area contributed by atoms with Crippen molar-refractivity contribution >= 4 is 43.6 Å². The van der Waals surface area contributed by atoms with E-state index in [1.165, 1.54) is 6.07 Å². The number of hydrogen-bond donors (Lipinski definition) is 0. The highest BCUT2D eigenvalue weighted by Crippen LogP contribution is 2.46. The van der Waals surface area contributed by atoms with Crippen LogP contribution in [0.1, 0.15) is 16.7 Å². The van der Waals surface area contributed by atoms with Crippen molar-refractivity contribution in [2.45, 2.75) is 20.0 Å². The molecule has 3 aromatic heterocycles. The number of hydrogen-bond acceptors (Lipinski definition) is 2. The molecule has 0 aliphatic heterocycles. The summed E-state index contributed by atoms with van der Waals surface area (Å²) in [5.74, 6) is 0.509. The Kier molecular flexibility index (Phi) is 10.7. The van der Waals surface area contributed by atoms with E-state index in [9.17, 15) is 0 Å². The molecule has 0 atom stereocenters. The summed E-state index contributed by atoms with van der Waals surface area (Å²) in [6, 6.07) is 77.8. The Morgan fingerprint density at radius 1 is 0.338 bits per heavy atom. The Morgan fingerprint density at radius 2 is 0.824 bits per heavy atom. The van der Waals surface area contributed by atoms with E-state index in [0.29, 0.717) is 39.7 Å². The van der Waals surface area contributed by atoms with Gasteiger partial charge in [-0.1, -0.05) is 175 Å². The Morgan fingerprint density at radius 3 is 1.42 bits per heavy atom. The maximum Gasteiger partial charge on any atom is 0.417 e. The molecule has 0 aliphatic carbocycles. The average molecular weight is 963 g/mol. The molecule has 0 bridgehead atoms. The minimum Gasteiger partial charge on any atom is -0.309 e. The lowest BCUT2D eigenvalue weighted by Crippen LogP contribution is -2.10. The Bertz CT molecular complexity index is 4260. The third-order valence-electron chi connectivity index (χ3n) is 14.3. The zero-order valence-corrected chi connectivity index (χ0v) is 40.4. The number of aromatic nitrogens is 4. The van der Waals surface area contributed by atoms with Crippen LogP contribution in [0.3, 0.4) is 0 Å². The van der Waals surface area contributed by atoms with Gasteiger partial charge in [0.1, 0.15) is 0 Å². The van der Waals surface area contributed by atoms with Gasteiger partial charge in [0.2, 0.25) is 0 Å². The lowest BCUT2D eigenvalue weighted by atomic mass is 9.93. The van der Waals surface area contributed by atoms with E-state index in [4.69, 9.17) is 9.97 Å². The first-order valence-corrected chi connectivity index (χ1v) is 24.7. The zero-order valence-electron chi connectivity index (χ0n) is 40.4. The molecule has 74 heavy (non-hydrogen) atoms. The second kappa shape index (κ2) is 17.8. The van der Waals surface area contributed by atoms with Gasteiger partial charge in [0.05, 0.1) is 44.7 Å². The molecule has 0 spiro atoms. The topological polar surface area (TPSA) is 35.6 Å². The predicted octanol–water partition coefficient (Wildman–Crippen LogP) is 18.3. The molecule has 0 amide bonds. The van der Waals surface area contributed by atoms with Crippen LogP contribution in [0.25, 0.3) is 122 Å². The monoisotopic (exact) mass is 962 g/mol. The number of fused-ring (bicyclic) bond motifs is 6. The third kappa shape index (κ3) is 7.81. The maximum atomic E-state index is 16.0. The zero-order chi connectivity index (χ0) is 50.1. The molecule has 0 N–H and O–H groups in total. The molecule has 4 nitrogen and oxygen atoms in total. The molecule has 0 saturated heterocycles. The minimum atomic E-state index is -4.72. The fourth-order valence-electron chi connectivity index (χ4n) is 10.8. The smallest absolute Gasteiger partial charge is 0.309 e. The van der Waals surface area contributed by atoms with E-state index in [2.05, 4.69) is 120 Å². The van der Waals surface area contributed by atoms with Gasteiger partial charge in [0.15, 0.2) is 5.82 Å². The summed E-state index contributed by atoms with van der Waals surface area (Å²) in [5.41, 5.74) is 14.6. The molecule has 13 rings (SSSR count). The highest BCUT2D eigenvalue weighted by atomic mass is 19.4. The molecule has 0 radical (unpaired) electrons. The van der Waals surface area contributed by atoms with E-state index in [1.54, 1.807) is 12.1 Å². The van der Waals surface area contributed by atoms with Gasteiger partial charge < -0.3 is 9.13 Å². The summed E-state index contributed by atoms with van der Waals surface area (Å²) in [7, 11) is 0. The van der Waals surface area contributed by atoms with Gasteiger partial charge in [0, 0.05) is 49.5 Å². The molecular formula is C67H45F3N4. The average Bonchev–Trinajstić information content (AvgIpc) is 3.96. The minimum absolute atomic E-state index is 0.0390. The van der Waals surface area contributed by atoms with Crippen molar-refractivity contribution in [3.05, 3.63) is 253 Å². The molecular weight excluding hydrogens is 918 g/mol. The first kappa shape index (κ1) is 44.6. The van der Waals surface area contributed by atoms with Crippen LogP contribution in [0, 0.1) is 13.8 Å². The molecule has 0 aliphatic rings. The molecule has 10 aromatic carbocycles. The van der Waals surface area contributed by atoms with Gasteiger partial charge in [-0.05, 0) is 114 Å². The van der Waals surface area contributed by atoms with Crippen molar-refractivity contribution < 1.29 is 13.2 Å². The number of rotatable bonds is 8. The van der Waals surface area contributed by atoms with E-state index in [0.717, 1.165) is 88.1 Å². The van der Waals surface area contributed by atoms with Gasteiger partial charge >= 0.3 is 6.18 Å². The summed E-state index contributed by atoms with van der Waals surface area (Å²) in [5, 5.41) is 3.99. The maximum absolute atomic E-state index is 16.0. The summed E-state index contributed by atoms with van der Waals surface area (Å²) in [6.45, 7) is 4.16. The second-order valence-corrected chi connectivity index (χ2v) is 19.1.